The lowest BCUT2D eigenvalue weighted by atomic mass is 9.83. The molecule has 1 amide bonds. The number of halogens is 5. The molecule has 0 spiro atoms. The van der Waals surface area contributed by atoms with E-state index >= 15 is 0 Å². The quantitative estimate of drug-likeness (QED) is 0.308. The van der Waals surface area contributed by atoms with Crippen LogP contribution in [0.4, 0.5) is 0 Å². The van der Waals surface area contributed by atoms with E-state index in [2.05, 4.69) is 10.6 Å². The summed E-state index contributed by atoms with van der Waals surface area (Å²) in [6.07, 6.45) is 1.61. The van der Waals surface area contributed by atoms with Crippen LogP contribution in [-0.4, -0.2) is 43.5 Å². The molecule has 1 aliphatic carbocycles. The monoisotopic (exact) mass is 584 g/mol. The highest BCUT2D eigenvalue weighted by Crippen LogP contribution is 2.59. The van der Waals surface area contributed by atoms with E-state index in [0.717, 1.165) is 12.1 Å². The molecule has 2 aliphatic heterocycles. The maximum absolute atomic E-state index is 13.0. The predicted molar refractivity (Wildman–Crippen MR) is 142 cm³/mol. The van der Waals surface area contributed by atoms with Crippen molar-refractivity contribution in [2.45, 2.75) is 42.7 Å². The number of allylic oxidation sites excluding steroid dienone is 1. The fourth-order valence-electron chi connectivity index (χ4n) is 5.33. The highest BCUT2D eigenvalue weighted by Gasteiger charge is 2.61. The molecule has 5 atom stereocenters. The van der Waals surface area contributed by atoms with E-state index in [9.17, 15) is 9.59 Å². The number of piperidine rings is 1. The second kappa shape index (κ2) is 9.64. The molecular formula is C22H25Cl5N4O2S. The maximum Gasteiger partial charge on any atom is 0.250 e. The SMILES string of the molecule is CC1(C)[C@H](C=C(Cl)Cl)[C@H]1C(=O)N[C@@H](NC(=S)N1C[C@H]2C[C@H](C1)c1cccc(=O)n1C2)C(Cl)(Cl)Cl. The molecule has 3 heterocycles. The predicted octanol–water partition coefficient (Wildman–Crippen LogP) is 4.55. The molecule has 2 N–H and O–H groups in total. The summed E-state index contributed by atoms with van der Waals surface area (Å²) >= 11 is 35.9. The topological polar surface area (TPSA) is 66.4 Å². The third-order valence-electron chi connectivity index (χ3n) is 7.15. The molecule has 3 aliphatic rings. The zero-order chi connectivity index (χ0) is 25.0. The van der Waals surface area contributed by atoms with Crippen LogP contribution in [0.3, 0.4) is 0 Å². The zero-order valence-electron chi connectivity index (χ0n) is 18.5. The third kappa shape index (κ3) is 5.35. The minimum Gasteiger partial charge on any atom is -0.348 e. The number of fused-ring (bicyclic) bond motifs is 4. The molecule has 1 saturated heterocycles. The molecule has 1 aromatic rings. The summed E-state index contributed by atoms with van der Waals surface area (Å²) in [4.78, 5) is 27.3. The lowest BCUT2D eigenvalue weighted by Crippen LogP contribution is -2.60. The number of amides is 1. The van der Waals surface area contributed by atoms with E-state index in [1.165, 1.54) is 0 Å². The minimum absolute atomic E-state index is 0.0203. The summed E-state index contributed by atoms with van der Waals surface area (Å²) < 4.78 is 0.122. The third-order valence-corrected chi connectivity index (χ3v) is 8.43. The number of nitrogens with zero attached hydrogens (tertiary/aromatic N) is 2. The first-order valence-corrected chi connectivity index (χ1v) is 13.2. The molecule has 1 aromatic heterocycles. The van der Waals surface area contributed by atoms with Crippen LogP contribution < -0.4 is 16.2 Å². The Balaban J connectivity index is 1.45. The van der Waals surface area contributed by atoms with Gasteiger partial charge in [0.05, 0.1) is 5.92 Å². The van der Waals surface area contributed by atoms with Gasteiger partial charge < -0.3 is 20.1 Å². The van der Waals surface area contributed by atoms with Crippen molar-refractivity contribution in [3.63, 3.8) is 0 Å². The van der Waals surface area contributed by atoms with Gasteiger partial charge in [0.2, 0.25) is 9.70 Å². The average Bonchev–Trinajstić information content (AvgIpc) is 3.26. The Bertz CT molecular complexity index is 1080. The number of nitrogens with one attached hydrogen (secondary N) is 2. The number of thiocarbonyl (C=S) groups is 1. The van der Waals surface area contributed by atoms with Crippen LogP contribution in [0.5, 0.6) is 0 Å². The number of hydrogen-bond acceptors (Lipinski definition) is 3. The van der Waals surface area contributed by atoms with E-state index in [4.69, 9.17) is 70.2 Å². The average molecular weight is 587 g/mol. The van der Waals surface area contributed by atoms with E-state index in [-0.39, 0.29) is 45.0 Å². The van der Waals surface area contributed by atoms with Crippen molar-refractivity contribution >= 4 is 81.2 Å². The van der Waals surface area contributed by atoms with Gasteiger partial charge in [-0.1, -0.05) is 77.9 Å². The van der Waals surface area contributed by atoms with E-state index in [1.54, 1.807) is 18.2 Å². The Labute approximate surface area is 228 Å². The molecule has 2 bridgehead atoms. The summed E-state index contributed by atoms with van der Waals surface area (Å²) in [6, 6.07) is 5.37. The van der Waals surface area contributed by atoms with Crippen molar-refractivity contribution in [3.05, 3.63) is 44.8 Å². The maximum atomic E-state index is 13.0. The van der Waals surface area contributed by atoms with Crippen LogP contribution in [0, 0.1) is 23.2 Å². The van der Waals surface area contributed by atoms with Crippen molar-refractivity contribution in [1.29, 1.82) is 0 Å². The molecule has 4 rings (SSSR count). The molecule has 0 unspecified atom stereocenters. The number of aromatic nitrogens is 1. The summed E-state index contributed by atoms with van der Waals surface area (Å²) in [5, 5.41) is 6.22. The van der Waals surface area contributed by atoms with Gasteiger partial charge in [-0.25, -0.2) is 0 Å². The highest BCUT2D eigenvalue weighted by molar-refractivity contribution is 7.80. The molecule has 34 heavy (non-hydrogen) atoms. The highest BCUT2D eigenvalue weighted by atomic mass is 35.6. The van der Waals surface area contributed by atoms with Gasteiger partial charge in [-0.2, -0.15) is 0 Å². The smallest absolute Gasteiger partial charge is 0.250 e. The van der Waals surface area contributed by atoms with Gasteiger partial charge in [-0.15, -0.1) is 0 Å². The molecule has 2 fully saturated rings. The number of hydrogen-bond donors (Lipinski definition) is 2. The molecule has 1 saturated carbocycles. The fourth-order valence-corrected chi connectivity index (χ4v) is 6.20. The fraction of sp³-hybridized carbons (Fsp3) is 0.591. The molecule has 6 nitrogen and oxygen atoms in total. The summed E-state index contributed by atoms with van der Waals surface area (Å²) in [6.45, 7) is 5.84. The second-order valence-corrected chi connectivity index (χ2v) is 13.6. The Morgan fingerprint density at radius 3 is 2.56 bits per heavy atom. The second-order valence-electron chi connectivity index (χ2n) is 9.82. The van der Waals surface area contributed by atoms with Gasteiger partial charge in [0.1, 0.15) is 10.7 Å². The van der Waals surface area contributed by atoms with E-state index in [1.807, 2.05) is 29.4 Å². The van der Waals surface area contributed by atoms with Gasteiger partial charge in [0.15, 0.2) is 5.11 Å². The number of rotatable bonds is 4. The Morgan fingerprint density at radius 2 is 1.91 bits per heavy atom. The van der Waals surface area contributed by atoms with Gasteiger partial charge in [0.25, 0.3) is 5.56 Å². The van der Waals surface area contributed by atoms with Gasteiger partial charge in [-0.3, -0.25) is 9.59 Å². The summed E-state index contributed by atoms with van der Waals surface area (Å²) in [7, 11) is 0. The number of likely N-dealkylation sites (tertiary alicyclic amines) is 1. The number of carbonyl (C=O) groups excluding carboxylic acids is 1. The largest absolute Gasteiger partial charge is 0.348 e. The molecular weight excluding hydrogens is 562 g/mol. The first-order chi connectivity index (χ1) is 15.8. The first kappa shape index (κ1) is 26.4. The molecule has 0 aromatic carbocycles. The van der Waals surface area contributed by atoms with Crippen LogP contribution in [0.2, 0.25) is 0 Å². The van der Waals surface area contributed by atoms with Gasteiger partial charge in [0, 0.05) is 37.3 Å². The standard InChI is InChI=1S/C22H25Cl5N4O2S/c1-21(2)13(7-15(23)24)17(21)18(33)28-19(22(25,26)27)29-20(34)30-8-11-6-12(10-30)14-4-3-5-16(32)31(14)9-11/h3-5,7,11-13,17,19H,6,8-10H2,1-2H3,(H,28,33)(H,29,34)/t11-,12-,13-,17+,19+/m1/s1. The molecule has 186 valence electrons. The van der Waals surface area contributed by atoms with Crippen molar-refractivity contribution in [1.82, 2.24) is 20.1 Å². The number of pyridine rings is 1. The van der Waals surface area contributed by atoms with E-state index in [0.29, 0.717) is 24.7 Å². The Kier molecular flexibility index (Phi) is 7.47. The lowest BCUT2D eigenvalue weighted by Gasteiger charge is -2.44. The number of carbonyl (C=O) groups is 1. The first-order valence-electron chi connectivity index (χ1n) is 10.9. The minimum atomic E-state index is -1.85. The lowest BCUT2D eigenvalue weighted by molar-refractivity contribution is -0.123. The number of alkyl halides is 3. The van der Waals surface area contributed by atoms with Crippen molar-refractivity contribution in [2.24, 2.45) is 23.2 Å². The Morgan fingerprint density at radius 1 is 1.21 bits per heavy atom. The zero-order valence-corrected chi connectivity index (χ0v) is 23.1. The van der Waals surface area contributed by atoms with Crippen molar-refractivity contribution in [2.75, 3.05) is 13.1 Å². The van der Waals surface area contributed by atoms with Crippen molar-refractivity contribution < 1.29 is 4.79 Å². The summed E-state index contributed by atoms with van der Waals surface area (Å²) in [5.74, 6) is -0.329. The van der Waals surface area contributed by atoms with Crippen molar-refractivity contribution in [3.8, 4) is 0 Å². The molecule has 12 heteroatoms. The van der Waals surface area contributed by atoms with Crippen LogP contribution in [0.25, 0.3) is 0 Å². The van der Waals surface area contributed by atoms with Gasteiger partial charge in [-0.05, 0) is 48.0 Å². The normalized spacial score (nSPS) is 27.8. The van der Waals surface area contributed by atoms with Crippen LogP contribution >= 0.6 is 70.2 Å². The van der Waals surface area contributed by atoms with Gasteiger partial charge >= 0.3 is 0 Å². The van der Waals surface area contributed by atoms with Crippen LogP contribution in [-0.2, 0) is 11.3 Å². The van der Waals surface area contributed by atoms with E-state index < -0.39 is 9.96 Å². The Hall–Kier alpha value is -0.700. The summed E-state index contributed by atoms with van der Waals surface area (Å²) in [5.41, 5.74) is 0.704. The van der Waals surface area contributed by atoms with Crippen LogP contribution in [0.1, 0.15) is 31.9 Å². The van der Waals surface area contributed by atoms with Crippen LogP contribution in [0.15, 0.2) is 33.6 Å². The molecule has 0 radical (unpaired) electrons.